The second-order valence-electron chi connectivity index (χ2n) is 6.30. The summed E-state index contributed by atoms with van der Waals surface area (Å²) in [6.45, 7) is 0.782. The van der Waals surface area contributed by atoms with Gasteiger partial charge in [-0.1, -0.05) is 11.6 Å². The van der Waals surface area contributed by atoms with Crippen molar-refractivity contribution in [1.29, 1.82) is 0 Å². The lowest BCUT2D eigenvalue weighted by Crippen LogP contribution is -2.32. The van der Waals surface area contributed by atoms with Gasteiger partial charge in [0.2, 0.25) is 0 Å². The first-order valence-electron chi connectivity index (χ1n) is 8.13. The quantitative estimate of drug-likeness (QED) is 0.602. The van der Waals surface area contributed by atoms with Crippen LogP contribution in [0, 0.1) is 0 Å². The number of alkyl halides is 3. The number of carbonyl (C=O) groups is 1. The Kier molecular flexibility index (Phi) is 5.35. The molecule has 0 saturated carbocycles. The first kappa shape index (κ1) is 21.1. The van der Waals surface area contributed by atoms with Crippen LogP contribution in [0.2, 0.25) is 5.02 Å². The van der Waals surface area contributed by atoms with Gasteiger partial charge in [-0.25, -0.2) is 8.42 Å². The van der Waals surface area contributed by atoms with Crippen LogP contribution in [0.3, 0.4) is 0 Å². The van der Waals surface area contributed by atoms with E-state index in [1.165, 1.54) is 18.3 Å². The van der Waals surface area contributed by atoms with Gasteiger partial charge in [-0.2, -0.15) is 23.0 Å². The van der Waals surface area contributed by atoms with Gasteiger partial charge in [0.1, 0.15) is 5.75 Å². The summed E-state index contributed by atoms with van der Waals surface area (Å²) in [6.07, 6.45) is -4.62. The van der Waals surface area contributed by atoms with Crippen LogP contribution in [0.5, 0.6) is 5.75 Å². The normalized spacial score (nSPS) is 13.4. The zero-order chi connectivity index (χ0) is 21.6. The number of hydrogen-bond donors (Lipinski definition) is 0. The first-order valence-corrected chi connectivity index (χ1v) is 10.4. The average molecular weight is 447 g/mol. The highest BCUT2D eigenvalue weighted by Crippen LogP contribution is 2.30. The maximum Gasteiger partial charge on any atom is 0.425 e. The molecule has 6 nitrogen and oxygen atoms in total. The van der Waals surface area contributed by atoms with Crippen molar-refractivity contribution in [2.75, 3.05) is 6.26 Å². The van der Waals surface area contributed by atoms with Gasteiger partial charge in [-0.05, 0) is 43.3 Å². The number of carbonyl (C=O) groups excluding carboxylic acids is 1. The Balaban J connectivity index is 2.14. The molecule has 1 heterocycles. The molecule has 0 aliphatic rings. The number of nitrogens with zero attached hydrogens (tertiary/aromatic N) is 2. The van der Waals surface area contributed by atoms with Crippen molar-refractivity contribution in [2.24, 2.45) is 0 Å². The molecule has 0 spiro atoms. The molecule has 3 aromatic rings. The van der Waals surface area contributed by atoms with Gasteiger partial charge in [0.25, 0.3) is 5.91 Å². The highest BCUT2D eigenvalue weighted by Gasteiger charge is 2.38. The third-order valence-corrected chi connectivity index (χ3v) is 5.44. The molecule has 0 amide bonds. The summed E-state index contributed by atoms with van der Waals surface area (Å²) in [4.78, 5) is 12.8. The standard InChI is InChI=1S/C18H14ClF3N2O4S/c1-10(18(20,21)22)28-16-6-4-13(29(2,26)27)8-14(16)17(25)24-15-5-3-12(19)7-11(15)9-23-24/h3-10H,1-2H3/t10-/m0/s1. The first-order chi connectivity index (χ1) is 13.4. The predicted octanol–water partition coefficient (Wildman–Crippen LogP) is 4.11. The number of ether oxygens (including phenoxy) is 1. The fourth-order valence-electron chi connectivity index (χ4n) is 2.55. The fourth-order valence-corrected chi connectivity index (χ4v) is 3.37. The predicted molar refractivity (Wildman–Crippen MR) is 100 cm³/mol. The van der Waals surface area contributed by atoms with E-state index >= 15 is 0 Å². The Morgan fingerprint density at radius 2 is 1.90 bits per heavy atom. The van der Waals surface area contributed by atoms with Crippen LogP contribution in [-0.2, 0) is 9.84 Å². The Morgan fingerprint density at radius 1 is 1.21 bits per heavy atom. The van der Waals surface area contributed by atoms with E-state index in [2.05, 4.69) is 5.10 Å². The van der Waals surface area contributed by atoms with Gasteiger partial charge >= 0.3 is 6.18 Å². The van der Waals surface area contributed by atoms with Crippen molar-refractivity contribution in [1.82, 2.24) is 9.78 Å². The summed E-state index contributed by atoms with van der Waals surface area (Å²) in [6, 6.07) is 7.66. The second-order valence-corrected chi connectivity index (χ2v) is 8.75. The van der Waals surface area contributed by atoms with Gasteiger partial charge in [0.05, 0.1) is 22.2 Å². The molecule has 1 aromatic heterocycles. The van der Waals surface area contributed by atoms with Crippen LogP contribution in [0.15, 0.2) is 47.5 Å². The molecular formula is C18H14ClF3N2O4S. The van der Waals surface area contributed by atoms with Crippen LogP contribution in [-0.4, -0.2) is 42.6 Å². The minimum atomic E-state index is -4.68. The van der Waals surface area contributed by atoms with Crippen LogP contribution in [0.4, 0.5) is 13.2 Å². The third-order valence-electron chi connectivity index (χ3n) is 4.10. The minimum absolute atomic E-state index is 0.243. The number of halogens is 4. The third kappa shape index (κ3) is 4.38. The molecule has 0 bridgehead atoms. The number of fused-ring (bicyclic) bond motifs is 1. The molecule has 0 N–H and O–H groups in total. The van der Waals surface area contributed by atoms with E-state index in [0.29, 0.717) is 15.9 Å². The SMILES string of the molecule is C[C@H](Oc1ccc(S(C)(=O)=O)cc1C(=O)n1ncc2cc(Cl)ccc21)C(F)(F)F. The maximum atomic E-state index is 13.0. The van der Waals surface area contributed by atoms with Crippen LogP contribution >= 0.6 is 11.6 Å². The van der Waals surface area contributed by atoms with Gasteiger partial charge in [0.15, 0.2) is 15.9 Å². The van der Waals surface area contributed by atoms with Gasteiger partial charge in [0, 0.05) is 16.7 Å². The molecule has 11 heteroatoms. The summed E-state index contributed by atoms with van der Waals surface area (Å²) in [5.41, 5.74) is -0.0250. The lowest BCUT2D eigenvalue weighted by Gasteiger charge is -2.19. The Morgan fingerprint density at radius 3 is 2.52 bits per heavy atom. The van der Waals surface area contributed by atoms with Crippen molar-refractivity contribution in [3.8, 4) is 5.75 Å². The summed E-state index contributed by atoms with van der Waals surface area (Å²) >= 11 is 5.91. The Bertz CT molecular complexity index is 1210. The zero-order valence-corrected chi connectivity index (χ0v) is 16.6. The van der Waals surface area contributed by atoms with Crippen LogP contribution in [0.1, 0.15) is 17.3 Å². The van der Waals surface area contributed by atoms with Crippen LogP contribution < -0.4 is 4.74 Å². The van der Waals surface area contributed by atoms with E-state index in [-0.39, 0.29) is 10.5 Å². The monoisotopic (exact) mass is 446 g/mol. The Labute approximate surface area is 168 Å². The lowest BCUT2D eigenvalue weighted by molar-refractivity contribution is -0.189. The number of rotatable bonds is 4. The van der Waals surface area contributed by atoms with Crippen LogP contribution in [0.25, 0.3) is 10.9 Å². The van der Waals surface area contributed by atoms with E-state index in [0.717, 1.165) is 36.1 Å². The van der Waals surface area contributed by atoms with E-state index in [1.807, 2.05) is 0 Å². The highest BCUT2D eigenvalue weighted by molar-refractivity contribution is 7.90. The molecule has 0 fully saturated rings. The topological polar surface area (TPSA) is 78.3 Å². The number of benzene rings is 2. The largest absolute Gasteiger partial charge is 0.480 e. The van der Waals surface area contributed by atoms with E-state index in [1.54, 1.807) is 6.07 Å². The van der Waals surface area contributed by atoms with Crippen molar-refractivity contribution < 1.29 is 31.1 Å². The molecule has 1 atom stereocenters. The molecule has 3 rings (SSSR count). The number of sulfone groups is 1. The van der Waals surface area contributed by atoms with E-state index in [9.17, 15) is 26.4 Å². The molecule has 0 aliphatic heterocycles. The highest BCUT2D eigenvalue weighted by atomic mass is 35.5. The van der Waals surface area contributed by atoms with E-state index < -0.39 is 33.8 Å². The molecule has 2 aromatic carbocycles. The summed E-state index contributed by atoms with van der Waals surface area (Å²) < 4.78 is 68.4. The van der Waals surface area contributed by atoms with Crippen molar-refractivity contribution in [2.45, 2.75) is 24.1 Å². The number of hydrogen-bond acceptors (Lipinski definition) is 5. The van der Waals surface area contributed by atoms with Crippen molar-refractivity contribution >= 4 is 38.2 Å². The maximum absolute atomic E-state index is 13.0. The van der Waals surface area contributed by atoms with Gasteiger partial charge < -0.3 is 4.74 Å². The molecule has 0 saturated heterocycles. The molecular weight excluding hydrogens is 433 g/mol. The summed E-state index contributed by atoms with van der Waals surface area (Å²) in [7, 11) is -3.73. The molecule has 0 unspecified atom stereocenters. The average Bonchev–Trinajstić information content (AvgIpc) is 3.02. The molecule has 0 radical (unpaired) electrons. The van der Waals surface area contributed by atoms with Crippen molar-refractivity contribution in [3.63, 3.8) is 0 Å². The Hall–Kier alpha value is -2.59. The molecule has 154 valence electrons. The molecule has 0 aliphatic carbocycles. The smallest absolute Gasteiger partial charge is 0.425 e. The van der Waals surface area contributed by atoms with Gasteiger partial charge in [-0.3, -0.25) is 4.79 Å². The lowest BCUT2D eigenvalue weighted by atomic mass is 10.1. The van der Waals surface area contributed by atoms with Crippen molar-refractivity contribution in [3.05, 3.63) is 53.2 Å². The number of aromatic nitrogens is 2. The van der Waals surface area contributed by atoms with E-state index in [4.69, 9.17) is 16.3 Å². The van der Waals surface area contributed by atoms with Gasteiger partial charge in [-0.15, -0.1) is 0 Å². The molecule has 29 heavy (non-hydrogen) atoms. The minimum Gasteiger partial charge on any atom is -0.480 e. The summed E-state index contributed by atoms with van der Waals surface area (Å²) in [5.74, 6) is -1.26. The zero-order valence-electron chi connectivity index (χ0n) is 15.1. The fraction of sp³-hybridized carbons (Fsp3) is 0.222. The summed E-state index contributed by atoms with van der Waals surface area (Å²) in [5, 5.41) is 4.89. The second kappa shape index (κ2) is 7.34.